The van der Waals surface area contributed by atoms with E-state index in [9.17, 15) is 17.2 Å². The Morgan fingerprint density at radius 3 is 2.60 bits per heavy atom. The average Bonchev–Trinajstić information content (AvgIpc) is 2.41. The second kappa shape index (κ2) is 6.92. The molecule has 2 N–H and O–H groups in total. The number of nitrogens with two attached hydrogens (primary N) is 1. The van der Waals surface area contributed by atoms with E-state index >= 15 is 0 Å². The Morgan fingerprint density at radius 1 is 1.40 bits per heavy atom. The summed E-state index contributed by atoms with van der Waals surface area (Å²) in [6.07, 6.45) is 2.86. The van der Waals surface area contributed by atoms with Crippen molar-refractivity contribution in [1.29, 1.82) is 0 Å². The molecule has 0 spiro atoms. The summed E-state index contributed by atoms with van der Waals surface area (Å²) in [6, 6.07) is 1.96. The van der Waals surface area contributed by atoms with Gasteiger partial charge in [0.1, 0.15) is 4.90 Å². The van der Waals surface area contributed by atoms with E-state index in [4.69, 9.17) is 5.73 Å². The van der Waals surface area contributed by atoms with E-state index in [2.05, 4.69) is 6.58 Å². The van der Waals surface area contributed by atoms with Crippen LogP contribution in [0.25, 0.3) is 0 Å². The van der Waals surface area contributed by atoms with Gasteiger partial charge in [-0.15, -0.1) is 6.58 Å². The van der Waals surface area contributed by atoms with Crippen LogP contribution in [0.1, 0.15) is 18.4 Å². The summed E-state index contributed by atoms with van der Waals surface area (Å²) in [7, 11) is -2.75. The average molecular weight is 304 g/mol. The maximum Gasteiger partial charge on any atom is 0.245 e. The van der Waals surface area contributed by atoms with Crippen LogP contribution >= 0.6 is 0 Å². The van der Waals surface area contributed by atoms with E-state index in [1.54, 1.807) is 6.08 Å². The number of nitrogens with zero attached hydrogens (tertiary/aromatic N) is 1. The molecule has 0 saturated heterocycles. The Kier molecular flexibility index (Phi) is 5.79. The summed E-state index contributed by atoms with van der Waals surface area (Å²) in [5.74, 6) is -2.59. The summed E-state index contributed by atoms with van der Waals surface area (Å²) in [6.45, 7) is 3.66. The highest BCUT2D eigenvalue weighted by atomic mass is 32.2. The molecule has 0 saturated carbocycles. The lowest BCUT2D eigenvalue weighted by atomic mass is 10.2. The highest BCUT2D eigenvalue weighted by Crippen LogP contribution is 2.22. The van der Waals surface area contributed by atoms with Crippen molar-refractivity contribution in [1.82, 2.24) is 4.31 Å². The van der Waals surface area contributed by atoms with Gasteiger partial charge in [0.05, 0.1) is 0 Å². The normalized spacial score (nSPS) is 11.8. The molecule has 1 rings (SSSR count). The number of benzene rings is 1. The SMILES string of the molecule is C=CCCCN(C)S(=O)(=O)c1cc(CN)cc(F)c1F. The van der Waals surface area contributed by atoms with E-state index < -0.39 is 26.6 Å². The number of sulfonamides is 1. The fourth-order valence-electron chi connectivity index (χ4n) is 1.67. The first-order valence-electron chi connectivity index (χ1n) is 6.09. The maximum atomic E-state index is 13.7. The van der Waals surface area contributed by atoms with Crippen LogP contribution in [0.4, 0.5) is 8.78 Å². The molecule has 20 heavy (non-hydrogen) atoms. The van der Waals surface area contributed by atoms with E-state index in [1.807, 2.05) is 0 Å². The Labute approximate surface area is 117 Å². The topological polar surface area (TPSA) is 63.4 Å². The summed E-state index contributed by atoms with van der Waals surface area (Å²) < 4.78 is 52.6. The third-order valence-electron chi connectivity index (χ3n) is 2.86. The van der Waals surface area contributed by atoms with Crippen LogP contribution in [0, 0.1) is 11.6 Å². The number of halogens is 2. The van der Waals surface area contributed by atoms with Gasteiger partial charge in [-0.25, -0.2) is 21.5 Å². The van der Waals surface area contributed by atoms with E-state index in [0.717, 1.165) is 16.4 Å². The van der Waals surface area contributed by atoms with Gasteiger partial charge in [-0.1, -0.05) is 6.08 Å². The number of unbranched alkanes of at least 4 members (excludes halogenated alkanes) is 1. The maximum absolute atomic E-state index is 13.7. The molecule has 0 unspecified atom stereocenters. The van der Waals surface area contributed by atoms with Crippen LogP contribution in [-0.4, -0.2) is 26.3 Å². The highest BCUT2D eigenvalue weighted by molar-refractivity contribution is 7.89. The Hall–Kier alpha value is -1.31. The van der Waals surface area contributed by atoms with Crippen molar-refractivity contribution in [3.05, 3.63) is 42.0 Å². The second-order valence-corrected chi connectivity index (χ2v) is 6.36. The van der Waals surface area contributed by atoms with Gasteiger partial charge in [0, 0.05) is 20.1 Å². The van der Waals surface area contributed by atoms with Crippen LogP contribution < -0.4 is 5.73 Å². The van der Waals surface area contributed by atoms with E-state index in [1.165, 1.54) is 7.05 Å². The minimum absolute atomic E-state index is 0.0695. The van der Waals surface area contributed by atoms with Gasteiger partial charge < -0.3 is 5.73 Å². The number of hydrogen-bond donors (Lipinski definition) is 1. The van der Waals surface area contributed by atoms with Crippen molar-refractivity contribution in [2.24, 2.45) is 5.73 Å². The number of rotatable bonds is 7. The highest BCUT2D eigenvalue weighted by Gasteiger charge is 2.26. The summed E-state index contributed by atoms with van der Waals surface area (Å²) in [5.41, 5.74) is 5.57. The zero-order valence-electron chi connectivity index (χ0n) is 11.3. The lowest BCUT2D eigenvalue weighted by Crippen LogP contribution is -2.29. The molecule has 1 aromatic carbocycles. The van der Waals surface area contributed by atoms with Crippen molar-refractivity contribution >= 4 is 10.0 Å². The molecule has 0 fully saturated rings. The van der Waals surface area contributed by atoms with Crippen LogP contribution in [0.2, 0.25) is 0 Å². The monoisotopic (exact) mass is 304 g/mol. The molecule has 0 aliphatic carbocycles. The summed E-state index contributed by atoms with van der Waals surface area (Å²) >= 11 is 0. The summed E-state index contributed by atoms with van der Waals surface area (Å²) in [4.78, 5) is -0.681. The van der Waals surface area contributed by atoms with Crippen molar-refractivity contribution in [2.45, 2.75) is 24.3 Å². The van der Waals surface area contributed by atoms with Crippen molar-refractivity contribution < 1.29 is 17.2 Å². The van der Waals surface area contributed by atoms with Gasteiger partial charge in [-0.3, -0.25) is 0 Å². The summed E-state index contributed by atoms with van der Waals surface area (Å²) in [5, 5.41) is 0. The fraction of sp³-hybridized carbons (Fsp3) is 0.385. The molecule has 7 heteroatoms. The predicted octanol–water partition coefficient (Wildman–Crippen LogP) is 2.01. The van der Waals surface area contributed by atoms with Crippen molar-refractivity contribution in [2.75, 3.05) is 13.6 Å². The zero-order valence-corrected chi connectivity index (χ0v) is 12.1. The van der Waals surface area contributed by atoms with E-state index in [-0.39, 0.29) is 18.7 Å². The van der Waals surface area contributed by atoms with Gasteiger partial charge in [0.15, 0.2) is 11.6 Å². The molecule has 0 aliphatic rings. The predicted molar refractivity (Wildman–Crippen MR) is 73.5 cm³/mol. The molecule has 0 aliphatic heterocycles. The molecule has 4 nitrogen and oxygen atoms in total. The number of hydrogen-bond acceptors (Lipinski definition) is 3. The molecular formula is C13H18F2N2O2S. The van der Waals surface area contributed by atoms with Crippen LogP contribution in [0.15, 0.2) is 29.7 Å². The van der Waals surface area contributed by atoms with Crippen LogP contribution in [0.3, 0.4) is 0 Å². The Morgan fingerprint density at radius 2 is 2.05 bits per heavy atom. The molecule has 0 atom stereocenters. The fourth-order valence-corrected chi connectivity index (χ4v) is 3.00. The third kappa shape index (κ3) is 3.62. The van der Waals surface area contributed by atoms with E-state index in [0.29, 0.717) is 12.8 Å². The smallest absolute Gasteiger partial charge is 0.245 e. The molecule has 0 radical (unpaired) electrons. The van der Waals surface area contributed by atoms with Crippen molar-refractivity contribution in [3.63, 3.8) is 0 Å². The Balaban J connectivity index is 3.14. The Bertz CT molecular complexity index is 588. The first kappa shape index (κ1) is 16.7. The largest absolute Gasteiger partial charge is 0.326 e. The lowest BCUT2D eigenvalue weighted by molar-refractivity contribution is 0.445. The first-order valence-corrected chi connectivity index (χ1v) is 7.53. The quantitative estimate of drug-likeness (QED) is 0.619. The van der Waals surface area contributed by atoms with Crippen LogP contribution in [0.5, 0.6) is 0 Å². The van der Waals surface area contributed by atoms with Gasteiger partial charge in [0.2, 0.25) is 10.0 Å². The third-order valence-corrected chi connectivity index (χ3v) is 4.72. The molecule has 1 aromatic rings. The first-order chi connectivity index (χ1) is 9.34. The molecule has 0 bridgehead atoms. The number of allylic oxidation sites excluding steroid dienone is 1. The van der Waals surface area contributed by atoms with Gasteiger partial charge in [-0.2, -0.15) is 0 Å². The standard InChI is InChI=1S/C13H18F2N2O2S/c1-3-4-5-6-17(2)20(18,19)12-8-10(9-16)7-11(14)13(12)15/h3,7-8H,1,4-6,9,16H2,2H3. The second-order valence-electron chi connectivity index (χ2n) is 4.35. The minimum atomic E-state index is -4.08. The molecule has 0 aromatic heterocycles. The van der Waals surface area contributed by atoms with Gasteiger partial charge in [0.25, 0.3) is 0 Å². The molecule has 0 amide bonds. The molecule has 112 valence electrons. The van der Waals surface area contributed by atoms with Crippen LogP contribution in [-0.2, 0) is 16.6 Å². The molecular weight excluding hydrogens is 286 g/mol. The van der Waals surface area contributed by atoms with Crippen molar-refractivity contribution in [3.8, 4) is 0 Å². The minimum Gasteiger partial charge on any atom is -0.326 e. The van der Waals surface area contributed by atoms with Gasteiger partial charge >= 0.3 is 0 Å². The lowest BCUT2D eigenvalue weighted by Gasteiger charge is -2.18. The molecule has 0 heterocycles. The van der Waals surface area contributed by atoms with Gasteiger partial charge in [-0.05, 0) is 30.5 Å². The zero-order chi connectivity index (χ0) is 15.3.